The van der Waals surface area contributed by atoms with E-state index in [-0.39, 0.29) is 23.3 Å². The second-order valence-electron chi connectivity index (χ2n) is 12.2. The van der Waals surface area contributed by atoms with Gasteiger partial charge in [-0.25, -0.2) is 0 Å². The van der Waals surface area contributed by atoms with E-state index in [0.717, 1.165) is 0 Å². The minimum Gasteiger partial charge on any atom is -0.480 e. The smallest absolute Gasteiger partial charge is 0.321 e. The molecule has 0 fully saturated rings. The van der Waals surface area contributed by atoms with Crippen LogP contribution >= 0.6 is 0 Å². The molecular weight excluding hydrogens is 502 g/mol. The first-order chi connectivity index (χ1) is 17.8. The Morgan fingerprint density at radius 3 is 1.67 bits per heavy atom. The highest BCUT2D eigenvalue weighted by atomic mass is 16.6. The fraction of sp³-hybridized carbons (Fsp3) is 0.667. The lowest BCUT2D eigenvalue weighted by molar-refractivity contribution is -0.160. The van der Waals surface area contributed by atoms with E-state index in [2.05, 4.69) is 0 Å². The molecular formula is C30H47NO8. The number of hydrogen-bond donors (Lipinski definition) is 2. The van der Waals surface area contributed by atoms with Gasteiger partial charge in [0.1, 0.15) is 12.1 Å². The molecule has 0 saturated carbocycles. The third-order valence-corrected chi connectivity index (χ3v) is 7.40. The molecule has 220 valence electrons. The maximum atomic E-state index is 12.9. The highest BCUT2D eigenvalue weighted by Gasteiger charge is 2.37. The zero-order valence-corrected chi connectivity index (χ0v) is 25.2. The first-order valence-electron chi connectivity index (χ1n) is 13.6. The molecule has 0 aromatic heterocycles. The zero-order chi connectivity index (χ0) is 30.4. The predicted molar refractivity (Wildman–Crippen MR) is 148 cm³/mol. The van der Waals surface area contributed by atoms with Crippen LogP contribution in [0.25, 0.3) is 0 Å². The number of carbonyl (C=O) groups excluding carboxylic acids is 3. The van der Waals surface area contributed by atoms with Crippen molar-refractivity contribution in [2.24, 2.45) is 40.7 Å². The number of benzene rings is 1. The molecule has 0 aliphatic heterocycles. The van der Waals surface area contributed by atoms with Gasteiger partial charge in [0, 0.05) is 11.8 Å². The summed E-state index contributed by atoms with van der Waals surface area (Å²) in [5, 5.41) is 9.80. The highest BCUT2D eigenvalue weighted by molar-refractivity contribution is 5.79. The number of hydrogen-bond acceptors (Lipinski definition) is 8. The van der Waals surface area contributed by atoms with Crippen molar-refractivity contribution in [2.75, 3.05) is 0 Å². The van der Waals surface area contributed by atoms with E-state index >= 15 is 0 Å². The Hall–Kier alpha value is -2.94. The first kappa shape index (κ1) is 34.1. The van der Waals surface area contributed by atoms with Crippen LogP contribution in [0.3, 0.4) is 0 Å². The molecule has 0 heterocycles. The molecule has 0 aliphatic carbocycles. The summed E-state index contributed by atoms with van der Waals surface area (Å²) in [5.41, 5.74) is 5.84. The van der Waals surface area contributed by atoms with Crippen LogP contribution in [0, 0.1) is 35.0 Å². The topological polar surface area (TPSA) is 142 Å². The normalized spacial score (nSPS) is 16.6. The van der Waals surface area contributed by atoms with Gasteiger partial charge in [0.15, 0.2) is 11.5 Å². The minimum absolute atomic E-state index is 0.000740. The molecule has 0 saturated heterocycles. The van der Waals surface area contributed by atoms with Gasteiger partial charge in [-0.05, 0) is 57.2 Å². The van der Waals surface area contributed by atoms with E-state index in [1.807, 2.05) is 27.7 Å². The summed E-state index contributed by atoms with van der Waals surface area (Å²) in [4.78, 5) is 50.1. The molecule has 9 heteroatoms. The molecule has 1 rings (SSSR count). The Kier molecular flexibility index (Phi) is 12.2. The second-order valence-corrected chi connectivity index (χ2v) is 12.2. The van der Waals surface area contributed by atoms with Crippen molar-refractivity contribution >= 4 is 23.9 Å². The summed E-state index contributed by atoms with van der Waals surface area (Å²) in [6.45, 7) is 19.7. The average molecular weight is 550 g/mol. The fourth-order valence-corrected chi connectivity index (χ4v) is 3.58. The molecule has 9 nitrogen and oxygen atoms in total. The van der Waals surface area contributed by atoms with Crippen LogP contribution in [0.1, 0.15) is 87.6 Å². The van der Waals surface area contributed by atoms with Gasteiger partial charge in [0.2, 0.25) is 0 Å². The van der Waals surface area contributed by atoms with Gasteiger partial charge < -0.3 is 25.1 Å². The number of carbonyl (C=O) groups is 4. The van der Waals surface area contributed by atoms with Gasteiger partial charge in [-0.15, -0.1) is 0 Å². The summed E-state index contributed by atoms with van der Waals surface area (Å²) in [6, 6.07) is 3.19. The van der Waals surface area contributed by atoms with E-state index in [1.54, 1.807) is 54.5 Å². The van der Waals surface area contributed by atoms with Gasteiger partial charge >= 0.3 is 23.9 Å². The molecule has 0 spiro atoms. The number of carboxylic acids is 1. The Balaban J connectivity index is 3.59. The van der Waals surface area contributed by atoms with Gasteiger partial charge in [-0.1, -0.05) is 54.5 Å². The largest absolute Gasteiger partial charge is 0.480 e. The summed E-state index contributed by atoms with van der Waals surface area (Å²) in [5.74, 6) is -4.82. The van der Waals surface area contributed by atoms with Crippen LogP contribution in [-0.2, 0) is 23.9 Å². The van der Waals surface area contributed by atoms with Crippen molar-refractivity contribution in [3.05, 3.63) is 23.8 Å². The zero-order valence-electron chi connectivity index (χ0n) is 25.2. The van der Waals surface area contributed by atoms with Gasteiger partial charge in [0.05, 0.1) is 17.3 Å². The maximum Gasteiger partial charge on any atom is 0.321 e. The van der Waals surface area contributed by atoms with E-state index < -0.39 is 65.1 Å². The van der Waals surface area contributed by atoms with Crippen molar-refractivity contribution in [1.29, 1.82) is 0 Å². The Morgan fingerprint density at radius 1 is 0.795 bits per heavy atom. The maximum absolute atomic E-state index is 12.9. The molecule has 0 amide bonds. The van der Waals surface area contributed by atoms with Crippen molar-refractivity contribution in [3.63, 3.8) is 0 Å². The molecule has 5 unspecified atom stereocenters. The molecule has 39 heavy (non-hydrogen) atoms. The van der Waals surface area contributed by atoms with Crippen LogP contribution < -0.4 is 15.2 Å². The predicted octanol–water partition coefficient (Wildman–Crippen LogP) is 5.19. The number of aliphatic carboxylic acids is 1. The molecule has 1 aromatic rings. The van der Waals surface area contributed by atoms with E-state index in [4.69, 9.17) is 19.9 Å². The van der Waals surface area contributed by atoms with Crippen molar-refractivity contribution < 1.29 is 38.5 Å². The standard InChI is InChI=1S/C30H47NO8/c1-15(2)17(5)27(34)38-22-13-12-21(14-23(22)39-28(35)18(6)16(3)4)24(25(31)26(32)33)19(7)20(8)37-29(36)30(9,10)11/h12-20,24-25H,31H2,1-11H3,(H,32,33)/t17?,18?,19?,20?,24?,25-/m0/s1. The van der Waals surface area contributed by atoms with Crippen LogP contribution in [0.5, 0.6) is 11.5 Å². The van der Waals surface area contributed by atoms with Crippen molar-refractivity contribution in [1.82, 2.24) is 0 Å². The van der Waals surface area contributed by atoms with Crippen LogP contribution in [0.15, 0.2) is 18.2 Å². The molecule has 0 radical (unpaired) electrons. The van der Waals surface area contributed by atoms with Crippen molar-refractivity contribution in [2.45, 2.75) is 94.2 Å². The molecule has 6 atom stereocenters. The number of rotatable bonds is 12. The minimum atomic E-state index is -1.36. The number of esters is 3. The van der Waals surface area contributed by atoms with Gasteiger partial charge in [0.25, 0.3) is 0 Å². The van der Waals surface area contributed by atoms with Gasteiger partial charge in [-0.2, -0.15) is 0 Å². The summed E-state index contributed by atoms with van der Waals surface area (Å²) in [7, 11) is 0. The third kappa shape index (κ3) is 9.34. The van der Waals surface area contributed by atoms with Crippen LogP contribution in [-0.4, -0.2) is 41.1 Å². The summed E-state index contributed by atoms with van der Waals surface area (Å²) >= 11 is 0. The Bertz CT molecular complexity index is 1030. The second kappa shape index (κ2) is 13.9. The quantitative estimate of drug-likeness (QED) is 0.266. The summed E-state index contributed by atoms with van der Waals surface area (Å²) < 4.78 is 17.0. The molecule has 0 bridgehead atoms. The fourth-order valence-electron chi connectivity index (χ4n) is 3.58. The Morgan fingerprint density at radius 2 is 1.26 bits per heavy atom. The molecule has 0 aliphatic rings. The number of nitrogens with two attached hydrogens (primary N) is 1. The number of carboxylic acid groups (broad SMARTS) is 1. The van der Waals surface area contributed by atoms with E-state index in [1.165, 1.54) is 12.1 Å². The highest BCUT2D eigenvalue weighted by Crippen LogP contribution is 2.38. The van der Waals surface area contributed by atoms with Crippen LogP contribution in [0.4, 0.5) is 0 Å². The van der Waals surface area contributed by atoms with E-state index in [9.17, 15) is 24.3 Å². The molecule has 1 aromatic carbocycles. The average Bonchev–Trinajstić information content (AvgIpc) is 2.83. The van der Waals surface area contributed by atoms with Crippen molar-refractivity contribution in [3.8, 4) is 11.5 Å². The first-order valence-corrected chi connectivity index (χ1v) is 13.6. The SMILES string of the molecule is CC(C)C(C)C(=O)Oc1ccc(C(C(C)C(C)OC(=O)C(C)(C)C)[C@H](N)C(=O)O)cc1OC(=O)C(C)C(C)C. The van der Waals surface area contributed by atoms with Gasteiger partial charge in [-0.3, -0.25) is 19.2 Å². The van der Waals surface area contributed by atoms with Crippen LogP contribution in [0.2, 0.25) is 0 Å². The lowest BCUT2D eigenvalue weighted by Crippen LogP contribution is -2.43. The Labute approximate surface area is 232 Å². The number of ether oxygens (including phenoxy) is 3. The molecule has 3 N–H and O–H groups in total. The summed E-state index contributed by atoms with van der Waals surface area (Å²) in [6.07, 6.45) is -0.677. The van der Waals surface area contributed by atoms with E-state index in [0.29, 0.717) is 5.56 Å². The monoisotopic (exact) mass is 549 g/mol. The lowest BCUT2D eigenvalue weighted by Gasteiger charge is -2.33. The third-order valence-electron chi connectivity index (χ3n) is 7.40. The lowest BCUT2D eigenvalue weighted by atomic mass is 9.79.